The zero-order valence-electron chi connectivity index (χ0n) is 23.1. The van der Waals surface area contributed by atoms with E-state index in [1.807, 2.05) is 32.7 Å². The second-order valence-electron chi connectivity index (χ2n) is 10.8. The fourth-order valence-corrected chi connectivity index (χ4v) is 4.61. The number of hydrogen-bond donors (Lipinski definition) is 2. The number of carbonyl (C=O) groups is 2. The second-order valence-corrected chi connectivity index (χ2v) is 10.8. The number of nitrogens with one attached hydrogen (secondary N) is 1. The number of nitrogens with zero attached hydrogens (tertiary/aromatic N) is 6. The summed E-state index contributed by atoms with van der Waals surface area (Å²) in [5.74, 6) is 0.0423. The van der Waals surface area contributed by atoms with E-state index in [4.69, 9.17) is 15.2 Å². The fraction of sp³-hybridized carbons (Fsp3) is 0.577. The number of nitrogen functional groups attached to an aromatic ring is 1. The maximum Gasteiger partial charge on any atom is 0.410 e. The summed E-state index contributed by atoms with van der Waals surface area (Å²) in [5, 5.41) is 2.78. The van der Waals surface area contributed by atoms with E-state index in [9.17, 15) is 9.59 Å². The summed E-state index contributed by atoms with van der Waals surface area (Å²) in [5.41, 5.74) is 6.35. The molecule has 3 heterocycles. The standard InChI is InChI=1S/C26H40N8O4/c1-18(32(6)12-13-37-7)19(14-28-5)30-23(35)21-22(27)29-15-20(31-21)33-10-8-26(16-33)9-11-34(17-26)24(36)38-25(2,3)4/h14-15H,1,5,8-13,16-17H2,2-4,6-7H3,(H2,27,29)(H,30,35)/b19-14+. The van der Waals surface area contributed by atoms with Gasteiger partial charge in [-0.25, -0.2) is 14.8 Å². The van der Waals surface area contributed by atoms with E-state index in [0.717, 1.165) is 19.4 Å². The molecule has 1 unspecified atom stereocenters. The van der Waals surface area contributed by atoms with E-state index in [1.165, 1.54) is 6.20 Å². The zero-order valence-corrected chi connectivity index (χ0v) is 23.1. The number of amides is 2. The summed E-state index contributed by atoms with van der Waals surface area (Å²) in [4.78, 5) is 44.0. The van der Waals surface area contributed by atoms with Gasteiger partial charge < -0.3 is 35.2 Å². The van der Waals surface area contributed by atoms with Gasteiger partial charge in [0.2, 0.25) is 0 Å². The van der Waals surface area contributed by atoms with Crippen LogP contribution in [0.2, 0.25) is 0 Å². The molecule has 2 saturated heterocycles. The van der Waals surface area contributed by atoms with Gasteiger partial charge in [0.25, 0.3) is 5.91 Å². The van der Waals surface area contributed by atoms with E-state index < -0.39 is 11.5 Å². The van der Waals surface area contributed by atoms with Crippen LogP contribution in [0, 0.1) is 5.41 Å². The largest absolute Gasteiger partial charge is 0.444 e. The lowest BCUT2D eigenvalue weighted by Crippen LogP contribution is -2.37. The number of anilines is 2. The van der Waals surface area contributed by atoms with Crippen molar-refractivity contribution in [3.63, 3.8) is 0 Å². The summed E-state index contributed by atoms with van der Waals surface area (Å²) >= 11 is 0. The van der Waals surface area contributed by atoms with Gasteiger partial charge in [0.1, 0.15) is 11.4 Å². The molecule has 1 atom stereocenters. The summed E-state index contributed by atoms with van der Waals surface area (Å²) in [6.07, 6.45) is 4.47. The Hall–Kier alpha value is -3.67. The third kappa shape index (κ3) is 7.00. The third-order valence-corrected chi connectivity index (χ3v) is 6.73. The molecule has 208 valence electrons. The molecule has 2 aliphatic rings. The Morgan fingerprint density at radius 3 is 2.68 bits per heavy atom. The molecule has 12 nitrogen and oxygen atoms in total. The van der Waals surface area contributed by atoms with Crippen molar-refractivity contribution < 1.29 is 19.1 Å². The smallest absolute Gasteiger partial charge is 0.410 e. The van der Waals surface area contributed by atoms with Gasteiger partial charge in [0.05, 0.1) is 30.4 Å². The van der Waals surface area contributed by atoms with Crippen molar-refractivity contribution in [3.8, 4) is 0 Å². The minimum atomic E-state index is -0.534. The number of likely N-dealkylation sites (tertiary alicyclic amines) is 1. The molecular weight excluding hydrogens is 488 g/mol. The van der Waals surface area contributed by atoms with Crippen LogP contribution in [0.3, 0.4) is 0 Å². The fourth-order valence-electron chi connectivity index (χ4n) is 4.61. The molecule has 1 aromatic rings. The third-order valence-electron chi connectivity index (χ3n) is 6.73. The first-order valence-corrected chi connectivity index (χ1v) is 12.6. The van der Waals surface area contributed by atoms with Crippen LogP contribution < -0.4 is 16.0 Å². The van der Waals surface area contributed by atoms with Crippen LogP contribution >= 0.6 is 0 Å². The highest BCUT2D eigenvalue weighted by Gasteiger charge is 2.46. The van der Waals surface area contributed by atoms with Crippen LogP contribution in [0.4, 0.5) is 16.4 Å². The number of rotatable bonds is 9. The topological polar surface area (TPSA) is 139 Å². The number of aromatic nitrogens is 2. The first-order chi connectivity index (χ1) is 17.9. The Kier molecular flexibility index (Phi) is 8.97. The SMILES string of the molecule is C=N/C=C(/NC(=O)c1nc(N2CCC3(CCN(C(=O)OC(C)(C)C)C3)C2)cnc1N)C(=C)N(C)CCOC. The molecule has 0 aromatic carbocycles. The van der Waals surface area contributed by atoms with Crippen LogP contribution in [-0.4, -0.2) is 97.6 Å². The van der Waals surface area contributed by atoms with Crippen molar-refractivity contribution in [2.45, 2.75) is 39.2 Å². The number of hydrogen-bond acceptors (Lipinski definition) is 10. The van der Waals surface area contributed by atoms with Crippen molar-refractivity contribution >= 4 is 30.4 Å². The van der Waals surface area contributed by atoms with Crippen molar-refractivity contribution in [1.82, 2.24) is 25.1 Å². The van der Waals surface area contributed by atoms with Crippen molar-refractivity contribution in [1.29, 1.82) is 0 Å². The highest BCUT2D eigenvalue weighted by Crippen LogP contribution is 2.41. The van der Waals surface area contributed by atoms with Gasteiger partial charge in [-0.05, 0) is 40.3 Å². The molecule has 3 N–H and O–H groups in total. The highest BCUT2D eigenvalue weighted by atomic mass is 16.6. The van der Waals surface area contributed by atoms with E-state index in [2.05, 4.69) is 38.5 Å². The van der Waals surface area contributed by atoms with E-state index in [1.54, 1.807) is 18.2 Å². The summed E-state index contributed by atoms with van der Waals surface area (Å²) in [6, 6.07) is 0. The first-order valence-electron chi connectivity index (χ1n) is 12.6. The quantitative estimate of drug-likeness (QED) is 0.365. The van der Waals surface area contributed by atoms with Crippen molar-refractivity contribution in [2.24, 2.45) is 10.4 Å². The molecule has 2 amide bonds. The lowest BCUT2D eigenvalue weighted by Gasteiger charge is -2.27. The number of nitrogens with two attached hydrogens (primary N) is 1. The van der Waals surface area contributed by atoms with Gasteiger partial charge in [-0.1, -0.05) is 6.58 Å². The summed E-state index contributed by atoms with van der Waals surface area (Å²) in [7, 11) is 3.44. The molecule has 38 heavy (non-hydrogen) atoms. The molecule has 0 radical (unpaired) electrons. The number of ether oxygens (including phenoxy) is 2. The number of aliphatic imine (C=N–C) groups is 1. The zero-order chi connectivity index (χ0) is 28.1. The minimum Gasteiger partial charge on any atom is -0.444 e. The Labute approximate surface area is 224 Å². The van der Waals surface area contributed by atoms with Crippen LogP contribution in [0.5, 0.6) is 0 Å². The van der Waals surface area contributed by atoms with Gasteiger partial charge >= 0.3 is 6.09 Å². The molecule has 0 bridgehead atoms. The molecule has 2 aliphatic heterocycles. The van der Waals surface area contributed by atoms with Gasteiger partial charge in [0.15, 0.2) is 11.5 Å². The van der Waals surface area contributed by atoms with Crippen LogP contribution in [0.1, 0.15) is 44.1 Å². The second kappa shape index (κ2) is 11.8. The average Bonchev–Trinajstić information content (AvgIpc) is 3.47. The lowest BCUT2D eigenvalue weighted by molar-refractivity contribution is 0.0276. The molecule has 0 saturated carbocycles. The number of likely N-dealkylation sites (N-methyl/N-ethyl adjacent to an activating group) is 1. The van der Waals surface area contributed by atoms with Gasteiger partial charge in [-0.2, -0.15) is 0 Å². The molecule has 2 fully saturated rings. The van der Waals surface area contributed by atoms with Crippen molar-refractivity contribution in [2.75, 3.05) is 64.1 Å². The maximum atomic E-state index is 13.2. The van der Waals surface area contributed by atoms with Crippen LogP contribution in [0.25, 0.3) is 0 Å². The van der Waals surface area contributed by atoms with E-state index in [-0.39, 0.29) is 23.0 Å². The first kappa shape index (κ1) is 28.9. The van der Waals surface area contributed by atoms with E-state index in [0.29, 0.717) is 50.0 Å². The highest BCUT2D eigenvalue weighted by molar-refractivity contribution is 5.98. The molecule has 1 aromatic heterocycles. The lowest BCUT2D eigenvalue weighted by atomic mass is 9.86. The van der Waals surface area contributed by atoms with Gasteiger partial charge in [-0.15, -0.1) is 0 Å². The van der Waals surface area contributed by atoms with Crippen molar-refractivity contribution in [3.05, 3.63) is 36.1 Å². The molecule has 1 spiro atoms. The maximum absolute atomic E-state index is 13.2. The minimum absolute atomic E-state index is 0.00700. The molecular formula is C26H40N8O4. The summed E-state index contributed by atoms with van der Waals surface area (Å²) in [6.45, 7) is 16.9. The Bertz CT molecular complexity index is 1100. The number of carbonyl (C=O) groups excluding carboxylic acids is 2. The van der Waals surface area contributed by atoms with Crippen LogP contribution in [0.15, 0.2) is 35.4 Å². The Morgan fingerprint density at radius 2 is 2.03 bits per heavy atom. The van der Waals surface area contributed by atoms with Gasteiger partial charge in [0, 0.05) is 52.3 Å². The number of methoxy groups -OCH3 is 1. The normalized spacial score (nSPS) is 19.6. The van der Waals surface area contributed by atoms with Gasteiger partial charge in [-0.3, -0.25) is 9.79 Å². The predicted octanol–water partition coefficient (Wildman–Crippen LogP) is 2.26. The monoisotopic (exact) mass is 528 g/mol. The molecule has 12 heteroatoms. The summed E-state index contributed by atoms with van der Waals surface area (Å²) < 4.78 is 10.7. The molecule has 0 aliphatic carbocycles. The molecule has 3 rings (SSSR count). The predicted molar refractivity (Wildman–Crippen MR) is 147 cm³/mol. The Morgan fingerprint density at radius 1 is 1.32 bits per heavy atom. The van der Waals surface area contributed by atoms with Crippen LogP contribution in [-0.2, 0) is 9.47 Å². The van der Waals surface area contributed by atoms with E-state index >= 15 is 0 Å². The Balaban J connectivity index is 1.70. The average molecular weight is 529 g/mol.